The Morgan fingerprint density at radius 1 is 1.17 bits per heavy atom. The Morgan fingerprint density at radius 2 is 1.94 bits per heavy atom. The van der Waals surface area contributed by atoms with Crippen LogP contribution in [-0.4, -0.2) is 4.98 Å². The number of benzene rings is 1. The Balaban J connectivity index is 2.22. The molecular weight excluding hydrogens is 224 g/mol. The quantitative estimate of drug-likeness (QED) is 0.815. The highest BCUT2D eigenvalue weighted by Gasteiger charge is 2.05. The van der Waals surface area contributed by atoms with Gasteiger partial charge in [0.15, 0.2) is 0 Å². The monoisotopic (exact) mass is 238 g/mol. The fourth-order valence-electron chi connectivity index (χ4n) is 1.55. The van der Waals surface area contributed by atoms with Crippen molar-refractivity contribution in [1.82, 2.24) is 4.98 Å². The van der Waals surface area contributed by atoms with E-state index in [0.29, 0.717) is 23.1 Å². The predicted molar refractivity (Wildman–Crippen MR) is 69.6 cm³/mol. The molecule has 2 rings (SSSR count). The molecule has 0 unspecified atom stereocenters. The van der Waals surface area contributed by atoms with Crippen LogP contribution in [0.1, 0.15) is 30.9 Å². The predicted octanol–water partition coefficient (Wildman–Crippen LogP) is 3.87. The number of aromatic nitrogens is 1. The van der Waals surface area contributed by atoms with Gasteiger partial charge in [-0.3, -0.25) is 0 Å². The van der Waals surface area contributed by atoms with Crippen molar-refractivity contribution in [2.45, 2.75) is 19.8 Å². The molecule has 1 aromatic carbocycles. The van der Waals surface area contributed by atoms with E-state index in [9.17, 15) is 0 Å². The molecule has 0 bridgehead atoms. The maximum atomic E-state index is 8.96. The fourth-order valence-corrected chi connectivity index (χ4v) is 1.55. The van der Waals surface area contributed by atoms with Crippen LogP contribution in [0.3, 0.4) is 0 Å². The summed E-state index contributed by atoms with van der Waals surface area (Å²) in [7, 11) is 0. The molecule has 0 spiro atoms. The number of hydrogen-bond donors (Lipinski definition) is 0. The number of nitrogens with zero attached hydrogens (tertiary/aromatic N) is 2. The Hall–Kier alpha value is -2.34. The maximum absolute atomic E-state index is 8.96. The van der Waals surface area contributed by atoms with Gasteiger partial charge in [0, 0.05) is 12.3 Å². The van der Waals surface area contributed by atoms with Gasteiger partial charge in [-0.2, -0.15) is 5.26 Å². The van der Waals surface area contributed by atoms with Gasteiger partial charge < -0.3 is 4.74 Å². The van der Waals surface area contributed by atoms with Crippen molar-refractivity contribution in [3.8, 4) is 17.7 Å². The van der Waals surface area contributed by atoms with Gasteiger partial charge in [0.2, 0.25) is 5.88 Å². The van der Waals surface area contributed by atoms with Crippen LogP contribution >= 0.6 is 0 Å². The third kappa shape index (κ3) is 2.67. The van der Waals surface area contributed by atoms with E-state index in [-0.39, 0.29) is 0 Å². The second-order valence-corrected chi connectivity index (χ2v) is 4.29. The Bertz CT molecular complexity index is 568. The van der Waals surface area contributed by atoms with E-state index in [0.717, 1.165) is 5.56 Å². The Kier molecular flexibility index (Phi) is 3.59. The molecule has 0 aliphatic rings. The molecule has 3 heteroatoms. The fraction of sp³-hybridized carbons (Fsp3) is 0.200. The van der Waals surface area contributed by atoms with Crippen molar-refractivity contribution in [1.29, 1.82) is 5.26 Å². The molecule has 0 saturated carbocycles. The van der Waals surface area contributed by atoms with Crippen molar-refractivity contribution in [3.05, 3.63) is 53.7 Å². The third-order valence-corrected chi connectivity index (χ3v) is 2.65. The van der Waals surface area contributed by atoms with Crippen LogP contribution < -0.4 is 4.74 Å². The number of hydrogen-bond acceptors (Lipinski definition) is 3. The van der Waals surface area contributed by atoms with Gasteiger partial charge in [-0.1, -0.05) is 32.0 Å². The summed E-state index contributed by atoms with van der Waals surface area (Å²) >= 11 is 0. The molecule has 0 aliphatic carbocycles. The van der Waals surface area contributed by atoms with Gasteiger partial charge in [0.05, 0.1) is 5.56 Å². The van der Waals surface area contributed by atoms with E-state index in [1.165, 1.54) is 0 Å². The van der Waals surface area contributed by atoms with Crippen molar-refractivity contribution >= 4 is 0 Å². The number of rotatable bonds is 3. The molecule has 0 atom stereocenters. The molecule has 0 saturated heterocycles. The first kappa shape index (κ1) is 12.1. The van der Waals surface area contributed by atoms with Crippen molar-refractivity contribution in [2.24, 2.45) is 0 Å². The number of nitriles is 1. The van der Waals surface area contributed by atoms with Gasteiger partial charge in [-0.15, -0.1) is 0 Å². The zero-order chi connectivity index (χ0) is 13.0. The van der Waals surface area contributed by atoms with Crippen LogP contribution in [0.2, 0.25) is 0 Å². The molecule has 0 aliphatic heterocycles. The van der Waals surface area contributed by atoms with E-state index in [1.54, 1.807) is 24.4 Å². The van der Waals surface area contributed by atoms with Crippen molar-refractivity contribution in [2.75, 3.05) is 0 Å². The zero-order valence-electron chi connectivity index (χ0n) is 10.4. The van der Waals surface area contributed by atoms with Crippen LogP contribution in [0, 0.1) is 11.3 Å². The van der Waals surface area contributed by atoms with Gasteiger partial charge in [-0.25, -0.2) is 4.98 Å². The lowest BCUT2D eigenvalue weighted by molar-refractivity contribution is 0.461. The van der Waals surface area contributed by atoms with Crippen molar-refractivity contribution < 1.29 is 4.74 Å². The molecule has 3 nitrogen and oxygen atoms in total. The topological polar surface area (TPSA) is 45.9 Å². The molecule has 0 N–H and O–H groups in total. The highest BCUT2D eigenvalue weighted by Crippen LogP contribution is 2.24. The minimum atomic E-state index is 0.443. The molecule has 2 aromatic rings. The van der Waals surface area contributed by atoms with Gasteiger partial charge in [-0.05, 0) is 23.6 Å². The molecule has 0 radical (unpaired) electrons. The highest BCUT2D eigenvalue weighted by molar-refractivity contribution is 5.44. The summed E-state index contributed by atoms with van der Waals surface area (Å²) in [6.45, 7) is 4.23. The lowest BCUT2D eigenvalue weighted by Gasteiger charge is -2.08. The SMILES string of the molecule is CC(C)c1ccc(Oc2ccccc2C#N)nc1. The molecular formula is C15H14N2O. The first-order chi connectivity index (χ1) is 8.70. The summed E-state index contributed by atoms with van der Waals surface area (Å²) in [5.41, 5.74) is 1.67. The lowest BCUT2D eigenvalue weighted by Crippen LogP contribution is -1.93. The first-order valence-electron chi connectivity index (χ1n) is 5.83. The second-order valence-electron chi connectivity index (χ2n) is 4.29. The van der Waals surface area contributed by atoms with Crippen LogP contribution in [0.15, 0.2) is 42.6 Å². The average molecular weight is 238 g/mol. The third-order valence-electron chi connectivity index (χ3n) is 2.65. The van der Waals surface area contributed by atoms with E-state index >= 15 is 0 Å². The van der Waals surface area contributed by atoms with E-state index in [4.69, 9.17) is 10.00 Å². The minimum Gasteiger partial charge on any atom is -0.438 e. The Labute approximate surface area is 107 Å². The second kappa shape index (κ2) is 5.33. The summed E-state index contributed by atoms with van der Waals surface area (Å²) in [5, 5.41) is 8.96. The average Bonchev–Trinajstić information content (AvgIpc) is 2.40. The van der Waals surface area contributed by atoms with Crippen molar-refractivity contribution in [3.63, 3.8) is 0 Å². The Morgan fingerprint density at radius 3 is 2.56 bits per heavy atom. The van der Waals surface area contributed by atoms with Crippen LogP contribution in [0.5, 0.6) is 11.6 Å². The van der Waals surface area contributed by atoms with Gasteiger partial charge in [0.1, 0.15) is 11.8 Å². The lowest BCUT2D eigenvalue weighted by atomic mass is 10.1. The van der Waals surface area contributed by atoms with E-state index in [1.807, 2.05) is 18.2 Å². The van der Waals surface area contributed by atoms with Gasteiger partial charge >= 0.3 is 0 Å². The zero-order valence-corrected chi connectivity index (χ0v) is 10.4. The number of ether oxygens (including phenoxy) is 1. The number of pyridine rings is 1. The molecule has 0 fully saturated rings. The normalized spacial score (nSPS) is 10.1. The highest BCUT2D eigenvalue weighted by atomic mass is 16.5. The minimum absolute atomic E-state index is 0.443. The summed E-state index contributed by atoms with van der Waals surface area (Å²) in [6, 6.07) is 13.0. The molecule has 18 heavy (non-hydrogen) atoms. The number of para-hydroxylation sites is 1. The standard InChI is InChI=1S/C15H14N2O/c1-11(2)13-7-8-15(17-10-13)18-14-6-4-3-5-12(14)9-16/h3-8,10-11H,1-2H3. The van der Waals surface area contributed by atoms with Crippen LogP contribution in [0.25, 0.3) is 0 Å². The molecule has 90 valence electrons. The van der Waals surface area contributed by atoms with E-state index < -0.39 is 0 Å². The smallest absolute Gasteiger partial charge is 0.219 e. The van der Waals surface area contributed by atoms with Crippen LogP contribution in [0.4, 0.5) is 0 Å². The maximum Gasteiger partial charge on any atom is 0.219 e. The summed E-state index contributed by atoms with van der Waals surface area (Å²) in [4.78, 5) is 4.24. The summed E-state index contributed by atoms with van der Waals surface area (Å²) < 4.78 is 5.60. The first-order valence-corrected chi connectivity index (χ1v) is 5.83. The summed E-state index contributed by atoms with van der Waals surface area (Å²) in [5.74, 6) is 1.48. The molecule has 1 heterocycles. The molecule has 1 aromatic heterocycles. The van der Waals surface area contributed by atoms with Crippen LogP contribution in [-0.2, 0) is 0 Å². The largest absolute Gasteiger partial charge is 0.438 e. The summed E-state index contributed by atoms with van der Waals surface area (Å²) in [6.07, 6.45) is 1.80. The molecule has 0 amide bonds. The van der Waals surface area contributed by atoms with Gasteiger partial charge in [0.25, 0.3) is 0 Å². The van der Waals surface area contributed by atoms with E-state index in [2.05, 4.69) is 24.9 Å².